The number of benzene rings is 2. The third kappa shape index (κ3) is 5.26. The van der Waals surface area contributed by atoms with E-state index in [0.717, 1.165) is 0 Å². The number of ketones is 1. The van der Waals surface area contributed by atoms with Crippen LogP contribution in [0.25, 0.3) is 0 Å². The van der Waals surface area contributed by atoms with Crippen molar-refractivity contribution in [3.8, 4) is 11.5 Å². The van der Waals surface area contributed by atoms with E-state index in [1.807, 2.05) is 6.92 Å². The molecule has 3 N–H and O–H groups in total. The second kappa shape index (κ2) is 11.1. The Bertz CT molecular complexity index is 1330. The smallest absolute Gasteiger partial charge is 0.235 e. The Morgan fingerprint density at radius 3 is 2.11 bits per heavy atom. The fourth-order valence-corrected chi connectivity index (χ4v) is 5.13. The second-order valence-electron chi connectivity index (χ2n) is 9.49. The third-order valence-electron chi connectivity index (χ3n) is 6.92. The number of Topliss-reactive ketones (excluding diaryl/α,β-unsaturated/α-hetero) is 1. The van der Waals surface area contributed by atoms with Gasteiger partial charge < -0.3 is 25.2 Å². The predicted octanol–water partition coefficient (Wildman–Crippen LogP) is 3.24. The Morgan fingerprint density at radius 2 is 1.58 bits per heavy atom. The van der Waals surface area contributed by atoms with Gasteiger partial charge in [-0.2, -0.15) is 5.10 Å². The van der Waals surface area contributed by atoms with E-state index >= 15 is 0 Å². The summed E-state index contributed by atoms with van der Waals surface area (Å²) < 4.78 is 12.3. The molecule has 1 aliphatic rings. The van der Waals surface area contributed by atoms with Gasteiger partial charge >= 0.3 is 0 Å². The molecular formula is C28H32N4O6. The molecular weight excluding hydrogens is 488 g/mol. The number of carbonyl (C=O) groups excluding carboxylic acids is 3. The molecule has 1 heterocycles. The number of amides is 2. The highest BCUT2D eigenvalue weighted by atomic mass is 16.5. The molecule has 38 heavy (non-hydrogen) atoms. The normalized spacial score (nSPS) is 23.0. The van der Waals surface area contributed by atoms with Crippen molar-refractivity contribution in [2.24, 2.45) is 11.8 Å². The average Bonchev–Trinajstić information content (AvgIpc) is 3.37. The standard InChI is InChI=1S/C28H32N4O6/c1-5-32-16-17(15-29-32)23-24(26(34)30-18-10-6-8-12-21(18)37-3)20(33)14-28(2,36)25(23)27(35)31-19-11-7-9-13-22(19)38-4/h6-13,15-16,23-25,36H,5,14H2,1-4H3,(H,30,34)(H,31,35)/t23-,24-,25-,28+/m1/s1. The first kappa shape index (κ1) is 26.9. The number of rotatable bonds is 8. The van der Waals surface area contributed by atoms with Crippen LogP contribution in [0, 0.1) is 11.8 Å². The number of methoxy groups -OCH3 is 2. The molecule has 0 radical (unpaired) electrons. The van der Waals surface area contributed by atoms with Crippen molar-refractivity contribution in [3.05, 3.63) is 66.5 Å². The van der Waals surface area contributed by atoms with Gasteiger partial charge in [0.15, 0.2) is 0 Å². The minimum Gasteiger partial charge on any atom is -0.495 e. The largest absolute Gasteiger partial charge is 0.495 e. The third-order valence-corrected chi connectivity index (χ3v) is 6.92. The number of aryl methyl sites for hydroxylation is 1. The predicted molar refractivity (Wildman–Crippen MR) is 141 cm³/mol. The van der Waals surface area contributed by atoms with Crippen LogP contribution in [0.5, 0.6) is 11.5 Å². The molecule has 200 valence electrons. The van der Waals surface area contributed by atoms with Crippen LogP contribution in [0.2, 0.25) is 0 Å². The first-order valence-electron chi connectivity index (χ1n) is 12.3. The van der Waals surface area contributed by atoms with Crippen LogP contribution in [0.4, 0.5) is 11.4 Å². The number of nitrogens with zero attached hydrogens (tertiary/aromatic N) is 2. The van der Waals surface area contributed by atoms with Gasteiger partial charge in [0.05, 0.1) is 43.3 Å². The molecule has 2 aromatic carbocycles. The fraction of sp³-hybridized carbons (Fsp3) is 0.357. The number of hydrogen-bond acceptors (Lipinski definition) is 7. The van der Waals surface area contributed by atoms with Gasteiger partial charge in [-0.05, 0) is 43.7 Å². The van der Waals surface area contributed by atoms with Crippen LogP contribution in [0.1, 0.15) is 31.7 Å². The summed E-state index contributed by atoms with van der Waals surface area (Å²) in [6, 6.07) is 13.7. The van der Waals surface area contributed by atoms with E-state index in [-0.39, 0.29) is 6.42 Å². The Balaban J connectivity index is 1.77. The van der Waals surface area contributed by atoms with Crippen molar-refractivity contribution in [2.45, 2.75) is 38.3 Å². The Morgan fingerprint density at radius 1 is 1.03 bits per heavy atom. The van der Waals surface area contributed by atoms with Gasteiger partial charge in [0.1, 0.15) is 23.2 Å². The second-order valence-corrected chi connectivity index (χ2v) is 9.49. The summed E-state index contributed by atoms with van der Waals surface area (Å²) in [5.41, 5.74) is -0.432. The summed E-state index contributed by atoms with van der Waals surface area (Å²) in [6.45, 7) is 3.90. The van der Waals surface area contributed by atoms with Gasteiger partial charge in [0.2, 0.25) is 11.8 Å². The van der Waals surface area contributed by atoms with Crippen molar-refractivity contribution in [3.63, 3.8) is 0 Å². The Hall–Kier alpha value is -4.18. The van der Waals surface area contributed by atoms with E-state index in [1.165, 1.54) is 27.3 Å². The molecule has 0 saturated heterocycles. The van der Waals surface area contributed by atoms with E-state index in [9.17, 15) is 19.5 Å². The number of aliphatic hydroxyl groups is 1. The van der Waals surface area contributed by atoms with Crippen molar-refractivity contribution in [2.75, 3.05) is 24.9 Å². The highest BCUT2D eigenvalue weighted by Crippen LogP contribution is 2.47. The molecule has 0 unspecified atom stereocenters. The summed E-state index contributed by atoms with van der Waals surface area (Å²) in [5.74, 6) is -4.16. The van der Waals surface area contributed by atoms with E-state index in [1.54, 1.807) is 59.4 Å². The minimum atomic E-state index is -1.73. The molecule has 3 aromatic rings. The number of aromatic nitrogens is 2. The van der Waals surface area contributed by atoms with Gasteiger partial charge in [-0.3, -0.25) is 19.1 Å². The van der Waals surface area contributed by atoms with Crippen molar-refractivity contribution < 1.29 is 29.0 Å². The maximum absolute atomic E-state index is 13.8. The molecule has 1 aliphatic carbocycles. The molecule has 1 aromatic heterocycles. The summed E-state index contributed by atoms with van der Waals surface area (Å²) in [5, 5.41) is 21.4. The zero-order valence-corrected chi connectivity index (χ0v) is 21.8. The fourth-order valence-electron chi connectivity index (χ4n) is 5.13. The summed E-state index contributed by atoms with van der Waals surface area (Å²) in [7, 11) is 2.97. The van der Waals surface area contributed by atoms with Gasteiger partial charge in [-0.1, -0.05) is 24.3 Å². The summed E-state index contributed by atoms with van der Waals surface area (Å²) in [4.78, 5) is 41.0. The number of nitrogens with one attached hydrogen (secondary N) is 2. The average molecular weight is 521 g/mol. The van der Waals surface area contributed by atoms with E-state index in [2.05, 4.69) is 15.7 Å². The lowest BCUT2D eigenvalue weighted by molar-refractivity contribution is -0.150. The Kier molecular flexibility index (Phi) is 7.82. The first-order valence-corrected chi connectivity index (χ1v) is 12.3. The van der Waals surface area contributed by atoms with E-state index < -0.39 is 41.0 Å². The van der Waals surface area contributed by atoms with Crippen LogP contribution >= 0.6 is 0 Å². The number of hydrogen-bond donors (Lipinski definition) is 3. The van der Waals surface area contributed by atoms with Gasteiger partial charge in [0, 0.05) is 25.1 Å². The number of carbonyl (C=O) groups is 3. The van der Waals surface area contributed by atoms with Crippen molar-refractivity contribution in [1.29, 1.82) is 0 Å². The van der Waals surface area contributed by atoms with Crippen molar-refractivity contribution >= 4 is 29.0 Å². The van der Waals surface area contributed by atoms with Gasteiger partial charge in [-0.15, -0.1) is 0 Å². The molecule has 1 saturated carbocycles. The lowest BCUT2D eigenvalue weighted by Crippen LogP contribution is -2.56. The number of para-hydroxylation sites is 4. The molecule has 0 spiro atoms. The quantitative estimate of drug-likeness (QED) is 0.389. The van der Waals surface area contributed by atoms with Crippen LogP contribution in [-0.2, 0) is 20.9 Å². The zero-order valence-electron chi connectivity index (χ0n) is 21.8. The van der Waals surface area contributed by atoms with Crippen LogP contribution in [0.15, 0.2) is 60.9 Å². The van der Waals surface area contributed by atoms with Crippen molar-refractivity contribution in [1.82, 2.24) is 9.78 Å². The molecule has 10 nitrogen and oxygen atoms in total. The summed E-state index contributed by atoms with van der Waals surface area (Å²) >= 11 is 0. The van der Waals surface area contributed by atoms with Crippen LogP contribution < -0.4 is 20.1 Å². The Labute approximate surface area is 220 Å². The monoisotopic (exact) mass is 520 g/mol. The van der Waals surface area contributed by atoms with E-state index in [0.29, 0.717) is 35.0 Å². The number of ether oxygens (including phenoxy) is 2. The maximum atomic E-state index is 13.8. The molecule has 1 fully saturated rings. The molecule has 0 aliphatic heterocycles. The molecule has 0 bridgehead atoms. The van der Waals surface area contributed by atoms with Gasteiger partial charge in [0.25, 0.3) is 0 Å². The van der Waals surface area contributed by atoms with Crippen LogP contribution in [-0.4, -0.2) is 52.3 Å². The van der Waals surface area contributed by atoms with Crippen LogP contribution in [0.3, 0.4) is 0 Å². The molecule has 4 atom stereocenters. The lowest BCUT2D eigenvalue weighted by atomic mass is 9.61. The summed E-state index contributed by atoms with van der Waals surface area (Å²) in [6.07, 6.45) is 2.86. The topological polar surface area (TPSA) is 132 Å². The SMILES string of the molecule is CCn1cc([C@@H]2[C@H](C(=O)Nc3ccccc3OC)C(=O)C[C@](C)(O)[C@H]2C(=O)Nc2ccccc2OC)cn1. The maximum Gasteiger partial charge on any atom is 0.235 e. The number of anilines is 2. The first-order chi connectivity index (χ1) is 18.2. The lowest BCUT2D eigenvalue weighted by Gasteiger charge is -2.44. The zero-order chi connectivity index (χ0) is 27.4. The highest BCUT2D eigenvalue weighted by molar-refractivity contribution is 6.11. The van der Waals surface area contributed by atoms with Gasteiger partial charge in [-0.25, -0.2) is 0 Å². The molecule has 10 heteroatoms. The molecule has 2 amide bonds. The highest BCUT2D eigenvalue weighted by Gasteiger charge is 2.56. The van der Waals surface area contributed by atoms with E-state index in [4.69, 9.17) is 9.47 Å². The molecule has 4 rings (SSSR count). The minimum absolute atomic E-state index is 0.376.